The molecule has 230 valence electrons. The van der Waals surface area contributed by atoms with Crippen molar-refractivity contribution in [3.8, 4) is 28.3 Å². The minimum atomic E-state index is -3.67. The quantitative estimate of drug-likeness (QED) is 0.189. The van der Waals surface area contributed by atoms with E-state index in [0.717, 1.165) is 27.2 Å². The van der Waals surface area contributed by atoms with E-state index in [4.69, 9.17) is 9.29 Å². The highest BCUT2D eigenvalue weighted by Crippen LogP contribution is 2.37. The molecular weight excluding hydrogens is 612 g/mol. The van der Waals surface area contributed by atoms with Gasteiger partial charge in [0.1, 0.15) is 17.1 Å². The number of carbonyl (C=O) groups excluding carboxylic acids is 1. The molecule has 0 bridgehead atoms. The van der Waals surface area contributed by atoms with Crippen LogP contribution in [0.25, 0.3) is 27.7 Å². The number of hydrogen-bond donors (Lipinski definition) is 4. The lowest BCUT2D eigenvalue weighted by Gasteiger charge is -2.13. The van der Waals surface area contributed by atoms with Gasteiger partial charge in [0.15, 0.2) is 11.6 Å². The van der Waals surface area contributed by atoms with E-state index in [1.54, 1.807) is 31.6 Å². The van der Waals surface area contributed by atoms with Crippen molar-refractivity contribution in [2.75, 3.05) is 11.6 Å². The fourth-order valence-corrected chi connectivity index (χ4v) is 4.19. The Morgan fingerprint density at radius 3 is 2.40 bits per heavy atom. The van der Waals surface area contributed by atoms with Crippen LogP contribution in [0.1, 0.15) is 16.1 Å². The zero-order valence-corrected chi connectivity index (χ0v) is 24.3. The van der Waals surface area contributed by atoms with E-state index in [1.165, 1.54) is 42.5 Å². The van der Waals surface area contributed by atoms with Gasteiger partial charge in [-0.05, 0) is 61.5 Å². The van der Waals surface area contributed by atoms with E-state index in [0.29, 0.717) is 29.0 Å². The van der Waals surface area contributed by atoms with Gasteiger partial charge in [-0.25, -0.2) is 8.78 Å². The molecular formula is C29H23F2N7O6S. The highest BCUT2D eigenvalue weighted by Gasteiger charge is 2.18. The maximum absolute atomic E-state index is 15.2. The number of hydrogen-bond acceptors (Lipinski definition) is 8. The number of benzene rings is 3. The number of aromatic nitrogens is 6. The molecule has 6 aromatic rings. The molecule has 0 aliphatic heterocycles. The zero-order valence-electron chi connectivity index (χ0n) is 23.4. The predicted octanol–water partition coefficient (Wildman–Crippen LogP) is 4.63. The number of carbonyl (C=O) groups is 1. The Hall–Kier alpha value is -5.74. The molecule has 3 aromatic carbocycles. The van der Waals surface area contributed by atoms with Crippen LogP contribution in [0.15, 0.2) is 84.0 Å². The highest BCUT2D eigenvalue weighted by molar-refractivity contribution is 7.85. The van der Waals surface area contributed by atoms with Crippen LogP contribution < -0.4 is 15.6 Å². The number of ether oxygens (including phenoxy) is 1. The van der Waals surface area contributed by atoms with Crippen molar-refractivity contribution in [3.05, 3.63) is 112 Å². The summed E-state index contributed by atoms with van der Waals surface area (Å²) < 4.78 is 61.3. The van der Waals surface area contributed by atoms with Gasteiger partial charge in [-0.15, -0.1) is 0 Å². The molecule has 1 amide bonds. The molecule has 0 aliphatic carbocycles. The van der Waals surface area contributed by atoms with Crippen LogP contribution in [-0.4, -0.2) is 55.3 Å². The first-order valence-corrected chi connectivity index (χ1v) is 14.7. The lowest BCUT2D eigenvalue weighted by atomic mass is 10.1. The monoisotopic (exact) mass is 635 g/mol. The number of aryl methyl sites for hydroxylation is 1. The van der Waals surface area contributed by atoms with Gasteiger partial charge in [0.25, 0.3) is 21.6 Å². The normalized spacial score (nSPS) is 11.1. The number of nitrogens with zero attached hydrogens (tertiary/aromatic N) is 4. The average Bonchev–Trinajstić information content (AvgIpc) is 3.67. The number of amides is 1. The van der Waals surface area contributed by atoms with Gasteiger partial charge in [0.05, 0.1) is 35.5 Å². The topological polar surface area (TPSA) is 185 Å². The molecule has 0 saturated heterocycles. The summed E-state index contributed by atoms with van der Waals surface area (Å²) in [6.07, 6.45) is 5.64. The van der Waals surface area contributed by atoms with Crippen LogP contribution in [0.2, 0.25) is 0 Å². The molecule has 6 rings (SSSR count). The molecule has 3 heterocycles. The zero-order chi connectivity index (χ0) is 32.3. The maximum Gasteiger partial charge on any atom is 0.284 e. The van der Waals surface area contributed by atoms with Gasteiger partial charge in [0, 0.05) is 34.5 Å². The number of H-pyrrole nitrogens is 2. The molecule has 4 N–H and O–H groups in total. The van der Waals surface area contributed by atoms with Gasteiger partial charge in [0.2, 0.25) is 0 Å². The Morgan fingerprint density at radius 2 is 1.73 bits per heavy atom. The Balaban J connectivity index is 0.000000743. The van der Waals surface area contributed by atoms with E-state index >= 15 is 4.39 Å². The second-order valence-electron chi connectivity index (χ2n) is 9.62. The van der Waals surface area contributed by atoms with Crippen molar-refractivity contribution in [3.63, 3.8) is 0 Å². The second kappa shape index (κ2) is 12.5. The first-order chi connectivity index (χ1) is 21.4. The second-order valence-corrected chi connectivity index (χ2v) is 11.1. The van der Waals surface area contributed by atoms with Gasteiger partial charge in [-0.2, -0.15) is 28.4 Å². The Labute approximate surface area is 253 Å². The predicted molar refractivity (Wildman–Crippen MR) is 160 cm³/mol. The third-order valence-electron chi connectivity index (χ3n) is 6.11. The van der Waals surface area contributed by atoms with E-state index < -0.39 is 33.2 Å². The average molecular weight is 636 g/mol. The third kappa shape index (κ3) is 7.43. The molecule has 0 aliphatic rings. The highest BCUT2D eigenvalue weighted by atomic mass is 32.2. The molecule has 3 aromatic heterocycles. The fraction of sp³-hybridized carbons (Fsp3) is 0.0690. The number of anilines is 1. The molecule has 0 unspecified atom stereocenters. The standard InChI is InChI=1S/C28H19F2N7O3.CH4O3S/c1-15-8-22(28(39)37(36-15)20-5-2-18(29)3-6-20)27(38)34-19-4-7-25(23(30)10-19)40-26-9-16-12-33-35-24(16)11-21(26)17-13-31-32-14-17;1-5(2,3)4/h2-14H,1H3,(H,31,32)(H,33,35)(H,34,38);1H3,(H,2,3,4). The smallest absolute Gasteiger partial charge is 0.284 e. The Kier molecular flexibility index (Phi) is 8.51. The number of aromatic amines is 2. The SMILES string of the molecule is CS(=O)(=O)O.Cc1cc(C(=O)Nc2ccc(Oc3cc4cn[nH]c4cc3-c3cn[nH]c3)c(F)c2)c(=O)n(-c2ccc(F)cc2)n1. The number of halogens is 2. The summed E-state index contributed by atoms with van der Waals surface area (Å²) in [5.41, 5.74) is 2.02. The molecule has 0 radical (unpaired) electrons. The van der Waals surface area contributed by atoms with E-state index in [2.05, 4.69) is 30.8 Å². The lowest BCUT2D eigenvalue weighted by Crippen LogP contribution is -2.30. The summed E-state index contributed by atoms with van der Waals surface area (Å²) >= 11 is 0. The first-order valence-electron chi connectivity index (χ1n) is 12.9. The number of rotatable bonds is 6. The van der Waals surface area contributed by atoms with Gasteiger partial charge in [-0.3, -0.25) is 24.3 Å². The minimum absolute atomic E-state index is 0.0796. The van der Waals surface area contributed by atoms with Crippen LogP contribution in [-0.2, 0) is 10.1 Å². The largest absolute Gasteiger partial charge is 0.454 e. The molecule has 45 heavy (non-hydrogen) atoms. The summed E-state index contributed by atoms with van der Waals surface area (Å²) in [6, 6.07) is 13.9. The van der Waals surface area contributed by atoms with Crippen LogP contribution >= 0.6 is 0 Å². The molecule has 0 saturated carbocycles. The molecule has 0 fully saturated rings. The van der Waals surface area contributed by atoms with Crippen molar-refractivity contribution in [1.29, 1.82) is 0 Å². The van der Waals surface area contributed by atoms with Gasteiger partial charge in [-0.1, -0.05) is 0 Å². The van der Waals surface area contributed by atoms with Crippen LogP contribution in [0.4, 0.5) is 14.5 Å². The van der Waals surface area contributed by atoms with Crippen molar-refractivity contribution in [2.24, 2.45) is 0 Å². The molecule has 0 atom stereocenters. The third-order valence-corrected chi connectivity index (χ3v) is 6.11. The van der Waals surface area contributed by atoms with E-state index in [1.807, 2.05) is 6.07 Å². The van der Waals surface area contributed by atoms with Crippen molar-refractivity contribution in [2.45, 2.75) is 6.92 Å². The van der Waals surface area contributed by atoms with Crippen molar-refractivity contribution in [1.82, 2.24) is 30.2 Å². The number of fused-ring (bicyclic) bond motifs is 1. The molecule has 0 spiro atoms. The summed E-state index contributed by atoms with van der Waals surface area (Å²) in [4.78, 5) is 26.0. The number of nitrogens with one attached hydrogen (secondary N) is 3. The van der Waals surface area contributed by atoms with Crippen molar-refractivity contribution >= 4 is 32.6 Å². The first kappa shape index (κ1) is 30.7. The van der Waals surface area contributed by atoms with Gasteiger partial charge >= 0.3 is 0 Å². The Bertz CT molecular complexity index is 2170. The van der Waals surface area contributed by atoms with Crippen LogP contribution in [0.5, 0.6) is 11.5 Å². The molecule has 13 nitrogen and oxygen atoms in total. The molecule has 16 heteroatoms. The van der Waals surface area contributed by atoms with E-state index in [9.17, 15) is 22.4 Å². The summed E-state index contributed by atoms with van der Waals surface area (Å²) in [7, 11) is -3.67. The Morgan fingerprint density at radius 1 is 1.00 bits per heavy atom. The minimum Gasteiger partial charge on any atom is -0.454 e. The summed E-state index contributed by atoms with van der Waals surface area (Å²) in [5, 5.41) is 21.1. The van der Waals surface area contributed by atoms with Crippen molar-refractivity contribution < 1.29 is 31.3 Å². The van der Waals surface area contributed by atoms with Crippen LogP contribution in [0, 0.1) is 18.6 Å². The van der Waals surface area contributed by atoms with Gasteiger partial charge < -0.3 is 10.1 Å². The summed E-state index contributed by atoms with van der Waals surface area (Å²) in [5.74, 6) is -1.68. The fourth-order valence-electron chi connectivity index (χ4n) is 4.19. The maximum atomic E-state index is 15.2. The lowest BCUT2D eigenvalue weighted by molar-refractivity contribution is 0.102. The van der Waals surface area contributed by atoms with Crippen LogP contribution in [0.3, 0.4) is 0 Å². The summed E-state index contributed by atoms with van der Waals surface area (Å²) in [6.45, 7) is 1.61. The van der Waals surface area contributed by atoms with E-state index in [-0.39, 0.29) is 17.0 Å².